The van der Waals surface area contributed by atoms with Crippen molar-refractivity contribution in [2.24, 2.45) is 35.0 Å². The number of ether oxygens (including phenoxy) is 1. The first-order valence-electron chi connectivity index (χ1n) is 13.2. The molecule has 0 bridgehead atoms. The summed E-state index contributed by atoms with van der Waals surface area (Å²) in [6.45, 7) is 10.9. The summed E-state index contributed by atoms with van der Waals surface area (Å²) in [4.78, 5) is 12.1. The zero-order valence-electron chi connectivity index (χ0n) is 20.0. The van der Waals surface area contributed by atoms with Gasteiger partial charge in [0.15, 0.2) is 0 Å². The van der Waals surface area contributed by atoms with E-state index in [1.807, 2.05) is 0 Å². The second-order valence-electron chi connectivity index (χ2n) is 12.6. The molecule has 2 saturated carbocycles. The lowest BCUT2D eigenvalue weighted by atomic mass is 9.57. The van der Waals surface area contributed by atoms with Crippen molar-refractivity contribution in [1.29, 1.82) is 0 Å². The minimum Gasteiger partial charge on any atom is -0.369 e. The fourth-order valence-corrected chi connectivity index (χ4v) is 9.27. The zero-order valence-corrected chi connectivity index (χ0v) is 20.0. The number of hydrogen-bond acceptors (Lipinski definition) is 3. The maximum atomic E-state index is 12.1. The number of nitrogens with one attached hydrogen (secondary N) is 2. The maximum absolute atomic E-state index is 12.1. The number of piperidine rings is 2. The lowest BCUT2D eigenvalue weighted by Gasteiger charge is -2.52. The molecule has 5 fully saturated rings. The molecule has 0 aromatic carbocycles. The van der Waals surface area contributed by atoms with Gasteiger partial charge in [0, 0.05) is 24.4 Å². The molecule has 3 saturated heterocycles. The van der Waals surface area contributed by atoms with Crippen molar-refractivity contribution >= 4 is 5.91 Å². The van der Waals surface area contributed by atoms with E-state index < -0.39 is 0 Å². The number of allylic oxidation sites excluding steroid dienone is 1. The molecule has 0 aromatic rings. The minimum absolute atomic E-state index is 0.0449. The molecule has 6 rings (SSSR count). The van der Waals surface area contributed by atoms with Crippen LogP contribution >= 0.6 is 0 Å². The van der Waals surface area contributed by atoms with Crippen LogP contribution in [0.3, 0.4) is 0 Å². The summed E-state index contributed by atoms with van der Waals surface area (Å²) in [6.07, 6.45) is 10.8. The first kappa shape index (κ1) is 20.7. The highest BCUT2D eigenvalue weighted by atomic mass is 16.5. The van der Waals surface area contributed by atoms with Crippen molar-refractivity contribution in [3.8, 4) is 0 Å². The van der Waals surface area contributed by atoms with Crippen molar-refractivity contribution < 1.29 is 9.53 Å². The van der Waals surface area contributed by atoms with E-state index in [0.717, 1.165) is 49.5 Å². The summed E-state index contributed by atoms with van der Waals surface area (Å²) < 4.78 is 7.00. The highest BCUT2D eigenvalue weighted by Crippen LogP contribution is 2.62. The standard InChI is InChI=1S/C27H42N2O2/c1-15-11-22-25(28-14-15)17(3)27(31-22)10-7-18-19-5-6-23-26(4,9-8-24(30)29-23)21(19)12-20(18)16(2)13-27/h15,17-19,21-23,25,28H,5-14H2,1-4H3,(H,29,30)/t15-,17+,18-,19-,21-,22+,23-,25-,26+,27-/m0/s1. The summed E-state index contributed by atoms with van der Waals surface area (Å²) in [5.41, 5.74) is 3.77. The van der Waals surface area contributed by atoms with Crippen LogP contribution in [0.15, 0.2) is 11.1 Å². The Balaban J connectivity index is 1.28. The quantitative estimate of drug-likeness (QED) is 0.557. The van der Waals surface area contributed by atoms with Crippen molar-refractivity contribution in [3.63, 3.8) is 0 Å². The van der Waals surface area contributed by atoms with Gasteiger partial charge < -0.3 is 15.4 Å². The molecule has 0 unspecified atom stereocenters. The molecule has 10 atom stereocenters. The van der Waals surface area contributed by atoms with E-state index in [1.165, 1.54) is 38.5 Å². The number of hydrogen-bond donors (Lipinski definition) is 2. The largest absolute Gasteiger partial charge is 0.369 e. The number of rotatable bonds is 0. The molecule has 3 heterocycles. The molecule has 172 valence electrons. The van der Waals surface area contributed by atoms with Gasteiger partial charge in [0.25, 0.3) is 0 Å². The molecule has 4 nitrogen and oxygen atoms in total. The van der Waals surface area contributed by atoms with Gasteiger partial charge in [-0.05, 0) is 93.9 Å². The van der Waals surface area contributed by atoms with E-state index in [-0.39, 0.29) is 11.5 Å². The molecule has 4 heteroatoms. The Morgan fingerprint density at radius 2 is 1.97 bits per heavy atom. The molecule has 3 aliphatic heterocycles. The molecule has 0 radical (unpaired) electrons. The van der Waals surface area contributed by atoms with Crippen LogP contribution in [0.5, 0.6) is 0 Å². The van der Waals surface area contributed by atoms with Gasteiger partial charge in [-0.15, -0.1) is 0 Å². The normalized spacial score (nSPS) is 54.0. The van der Waals surface area contributed by atoms with E-state index in [2.05, 4.69) is 38.3 Å². The Bertz CT molecular complexity index is 807. The Kier molecular flexibility index (Phi) is 4.72. The highest BCUT2D eigenvalue weighted by Gasteiger charge is 2.59. The Labute approximate surface area is 188 Å². The molecule has 1 amide bonds. The SMILES string of the molecule is CC1=C2C[C@H]3[C@@H](CC[C@@H]4NC(=O)CC[C@@]43C)[C@@H]2CC[C@@]2(C1)O[C@@H]1C[C@H](C)CN[C@H]1[C@H]2C. The van der Waals surface area contributed by atoms with E-state index in [0.29, 0.717) is 29.5 Å². The average Bonchev–Trinajstić information content (AvgIpc) is 3.19. The predicted molar refractivity (Wildman–Crippen MR) is 122 cm³/mol. The van der Waals surface area contributed by atoms with Crippen LogP contribution in [0.2, 0.25) is 0 Å². The summed E-state index contributed by atoms with van der Waals surface area (Å²) in [5, 5.41) is 7.22. The summed E-state index contributed by atoms with van der Waals surface area (Å²) in [6, 6.07) is 0.943. The van der Waals surface area contributed by atoms with E-state index in [9.17, 15) is 4.79 Å². The van der Waals surface area contributed by atoms with Crippen LogP contribution < -0.4 is 10.6 Å². The van der Waals surface area contributed by atoms with Gasteiger partial charge in [0.1, 0.15) is 0 Å². The van der Waals surface area contributed by atoms with Crippen molar-refractivity contribution in [2.45, 2.75) is 109 Å². The fourth-order valence-electron chi connectivity index (χ4n) is 9.27. The first-order valence-corrected chi connectivity index (χ1v) is 13.2. The Morgan fingerprint density at radius 1 is 1.13 bits per heavy atom. The number of amides is 1. The maximum Gasteiger partial charge on any atom is 0.220 e. The van der Waals surface area contributed by atoms with Crippen LogP contribution in [-0.2, 0) is 9.53 Å². The number of carbonyl (C=O) groups excluding carboxylic acids is 1. The van der Waals surface area contributed by atoms with Crippen LogP contribution in [0.1, 0.15) is 85.5 Å². The minimum atomic E-state index is 0.0449. The molecular weight excluding hydrogens is 384 g/mol. The van der Waals surface area contributed by atoms with Gasteiger partial charge in [-0.1, -0.05) is 31.9 Å². The summed E-state index contributed by atoms with van der Waals surface area (Å²) >= 11 is 0. The molecular formula is C27H42N2O2. The third kappa shape index (κ3) is 2.96. The number of carbonyl (C=O) groups is 1. The van der Waals surface area contributed by atoms with Gasteiger partial charge in [-0.2, -0.15) is 0 Å². The van der Waals surface area contributed by atoms with Crippen molar-refractivity contribution in [1.82, 2.24) is 10.6 Å². The highest BCUT2D eigenvalue weighted by molar-refractivity contribution is 5.77. The molecule has 2 N–H and O–H groups in total. The monoisotopic (exact) mass is 426 g/mol. The second kappa shape index (κ2) is 7.06. The molecule has 6 aliphatic rings. The van der Waals surface area contributed by atoms with Crippen LogP contribution in [0, 0.1) is 35.0 Å². The third-order valence-corrected chi connectivity index (χ3v) is 11.1. The molecule has 31 heavy (non-hydrogen) atoms. The van der Waals surface area contributed by atoms with Crippen LogP contribution in [-0.4, -0.2) is 36.2 Å². The first-order chi connectivity index (χ1) is 14.8. The fraction of sp³-hybridized carbons (Fsp3) is 0.889. The molecule has 1 spiro atoms. The average molecular weight is 427 g/mol. The van der Waals surface area contributed by atoms with Crippen molar-refractivity contribution in [2.75, 3.05) is 6.54 Å². The Hall–Kier alpha value is -0.870. The second-order valence-corrected chi connectivity index (χ2v) is 12.6. The topological polar surface area (TPSA) is 50.4 Å². The van der Waals surface area contributed by atoms with Gasteiger partial charge in [-0.3, -0.25) is 4.79 Å². The summed E-state index contributed by atoms with van der Waals surface area (Å²) in [5.74, 6) is 3.92. The lowest BCUT2D eigenvalue weighted by Crippen LogP contribution is -2.57. The van der Waals surface area contributed by atoms with Gasteiger partial charge >= 0.3 is 0 Å². The number of fused-ring (bicyclic) bond motifs is 6. The van der Waals surface area contributed by atoms with E-state index >= 15 is 0 Å². The van der Waals surface area contributed by atoms with Gasteiger partial charge in [-0.25, -0.2) is 0 Å². The molecule has 0 aromatic heterocycles. The Morgan fingerprint density at radius 3 is 2.81 bits per heavy atom. The zero-order chi connectivity index (χ0) is 21.5. The van der Waals surface area contributed by atoms with E-state index in [1.54, 1.807) is 11.1 Å². The summed E-state index contributed by atoms with van der Waals surface area (Å²) in [7, 11) is 0. The predicted octanol–water partition coefficient (Wildman–Crippen LogP) is 4.59. The third-order valence-electron chi connectivity index (χ3n) is 11.1. The van der Waals surface area contributed by atoms with Gasteiger partial charge in [0.2, 0.25) is 5.91 Å². The van der Waals surface area contributed by atoms with Gasteiger partial charge in [0.05, 0.1) is 11.7 Å². The van der Waals surface area contributed by atoms with Crippen LogP contribution in [0.4, 0.5) is 0 Å². The smallest absolute Gasteiger partial charge is 0.220 e. The van der Waals surface area contributed by atoms with E-state index in [4.69, 9.17) is 4.74 Å². The van der Waals surface area contributed by atoms with Crippen LogP contribution in [0.25, 0.3) is 0 Å². The lowest BCUT2D eigenvalue weighted by molar-refractivity contribution is -0.130. The molecule has 3 aliphatic carbocycles. The van der Waals surface area contributed by atoms with Crippen molar-refractivity contribution in [3.05, 3.63) is 11.1 Å².